The third kappa shape index (κ3) is 2.64. The van der Waals surface area contributed by atoms with Crippen molar-refractivity contribution in [3.05, 3.63) is 41.9 Å². The number of hydrogen-bond donors (Lipinski definition) is 2. The number of hydrogen-bond acceptors (Lipinski definition) is 6. The van der Waals surface area contributed by atoms with Crippen molar-refractivity contribution in [3.8, 4) is 5.69 Å². The molecule has 2 heterocycles. The molecule has 0 bridgehead atoms. The average Bonchev–Trinajstić information content (AvgIpc) is 3.09. The van der Waals surface area contributed by atoms with Gasteiger partial charge in [-0.25, -0.2) is 9.98 Å². The van der Waals surface area contributed by atoms with E-state index >= 15 is 0 Å². The van der Waals surface area contributed by atoms with E-state index in [9.17, 15) is 0 Å². The number of nitrogens with zero attached hydrogens (tertiary/aromatic N) is 5. The molecule has 7 nitrogen and oxygen atoms in total. The number of para-hydroxylation sites is 1. The van der Waals surface area contributed by atoms with Gasteiger partial charge in [0.25, 0.3) is 0 Å². The minimum atomic E-state index is -0.506. The molecule has 1 aromatic heterocycles. The summed E-state index contributed by atoms with van der Waals surface area (Å²) >= 11 is 6.53. The number of imidazole rings is 1. The Morgan fingerprint density at radius 2 is 1.92 bits per heavy atom. The molecule has 1 aromatic carbocycles. The molecule has 130 valence electrons. The summed E-state index contributed by atoms with van der Waals surface area (Å²) in [5.74, 6) is 0.583. The minimum Gasteiger partial charge on any atom is -0.369 e. The summed E-state index contributed by atoms with van der Waals surface area (Å²) in [7, 11) is 0. The third-order valence-corrected chi connectivity index (χ3v) is 5.13. The van der Waals surface area contributed by atoms with Crippen LogP contribution in [0.1, 0.15) is 32.1 Å². The summed E-state index contributed by atoms with van der Waals surface area (Å²) < 4.78 is 1.88. The maximum Gasteiger partial charge on any atom is 0.220 e. The van der Waals surface area contributed by atoms with Crippen molar-refractivity contribution < 1.29 is 0 Å². The van der Waals surface area contributed by atoms with Crippen LogP contribution in [-0.4, -0.2) is 27.1 Å². The predicted molar refractivity (Wildman–Crippen MR) is 100 cm³/mol. The van der Waals surface area contributed by atoms with E-state index in [0.717, 1.165) is 37.1 Å². The van der Waals surface area contributed by atoms with E-state index in [0.29, 0.717) is 11.0 Å². The van der Waals surface area contributed by atoms with Crippen molar-refractivity contribution in [1.82, 2.24) is 9.55 Å². The van der Waals surface area contributed by atoms with Crippen LogP contribution >= 0.6 is 11.6 Å². The highest BCUT2D eigenvalue weighted by atomic mass is 35.5. The monoisotopic (exact) mass is 357 g/mol. The first-order chi connectivity index (χ1) is 12.1. The molecule has 0 saturated heterocycles. The van der Waals surface area contributed by atoms with Crippen LogP contribution in [0.15, 0.2) is 46.9 Å². The summed E-state index contributed by atoms with van der Waals surface area (Å²) in [5, 5.41) is 0.608. The molecule has 2 aromatic rings. The second-order valence-electron chi connectivity index (χ2n) is 6.40. The fraction of sp³-hybridized carbons (Fsp3) is 0.353. The largest absolute Gasteiger partial charge is 0.369 e. The molecular formula is C17H20ClN7. The summed E-state index contributed by atoms with van der Waals surface area (Å²) in [6, 6.07) is 5.74. The van der Waals surface area contributed by atoms with Gasteiger partial charge in [0.1, 0.15) is 5.66 Å². The van der Waals surface area contributed by atoms with Gasteiger partial charge < -0.3 is 16.0 Å². The van der Waals surface area contributed by atoms with Gasteiger partial charge in [-0.05, 0) is 37.8 Å². The Kier molecular flexibility index (Phi) is 3.88. The van der Waals surface area contributed by atoms with Gasteiger partial charge in [-0.15, -0.1) is 0 Å². The van der Waals surface area contributed by atoms with E-state index in [4.69, 9.17) is 28.1 Å². The maximum absolute atomic E-state index is 6.53. The highest BCUT2D eigenvalue weighted by Gasteiger charge is 2.43. The van der Waals surface area contributed by atoms with Gasteiger partial charge in [0, 0.05) is 12.4 Å². The zero-order valence-corrected chi connectivity index (χ0v) is 14.5. The fourth-order valence-electron chi connectivity index (χ4n) is 3.80. The lowest BCUT2D eigenvalue weighted by Gasteiger charge is -2.46. The van der Waals surface area contributed by atoms with Crippen molar-refractivity contribution in [3.63, 3.8) is 0 Å². The van der Waals surface area contributed by atoms with E-state index in [2.05, 4.69) is 9.98 Å². The van der Waals surface area contributed by atoms with Gasteiger partial charge in [0.15, 0.2) is 0 Å². The standard InChI is InChI=1S/C17H20ClN7/c18-12-5-4-6-13(14(12)24-10-9-21-11-24)25-16(20)22-15(19)23-17(25)7-2-1-3-8-17/h4-6,9-11H,1-3,7-8H2,(H4,19,20,22,23). The molecule has 0 radical (unpaired) electrons. The van der Waals surface area contributed by atoms with Gasteiger partial charge in [-0.2, -0.15) is 4.99 Å². The van der Waals surface area contributed by atoms with Gasteiger partial charge in [-0.1, -0.05) is 24.1 Å². The lowest BCUT2D eigenvalue weighted by molar-refractivity contribution is 0.305. The number of aliphatic imine (C=N–C) groups is 2. The van der Waals surface area contributed by atoms with Crippen LogP contribution < -0.4 is 16.4 Å². The van der Waals surface area contributed by atoms with Crippen molar-refractivity contribution in [2.45, 2.75) is 37.8 Å². The van der Waals surface area contributed by atoms with Crippen molar-refractivity contribution in [2.24, 2.45) is 21.5 Å². The quantitative estimate of drug-likeness (QED) is 0.863. The lowest BCUT2D eigenvalue weighted by atomic mass is 9.87. The molecule has 4 rings (SSSR count). The van der Waals surface area contributed by atoms with Gasteiger partial charge >= 0.3 is 0 Å². The fourth-order valence-corrected chi connectivity index (χ4v) is 4.07. The molecule has 1 saturated carbocycles. The van der Waals surface area contributed by atoms with Crippen LogP contribution in [0.5, 0.6) is 0 Å². The summed E-state index contributed by atoms with van der Waals surface area (Å²) in [6.07, 6.45) is 10.4. The Morgan fingerprint density at radius 1 is 1.12 bits per heavy atom. The molecule has 1 aliphatic heterocycles. The van der Waals surface area contributed by atoms with E-state index in [1.165, 1.54) is 6.42 Å². The number of halogens is 1. The summed E-state index contributed by atoms with van der Waals surface area (Å²) in [6.45, 7) is 0. The Morgan fingerprint density at radius 3 is 2.64 bits per heavy atom. The van der Waals surface area contributed by atoms with Crippen molar-refractivity contribution >= 4 is 29.2 Å². The number of nitrogens with two attached hydrogens (primary N) is 2. The molecule has 8 heteroatoms. The lowest BCUT2D eigenvalue weighted by Crippen LogP contribution is -2.58. The van der Waals surface area contributed by atoms with E-state index < -0.39 is 5.66 Å². The van der Waals surface area contributed by atoms with Crippen molar-refractivity contribution in [2.75, 3.05) is 4.90 Å². The summed E-state index contributed by atoms with van der Waals surface area (Å²) in [4.78, 5) is 15.1. The SMILES string of the molecule is NC1=NC2(CCCCC2)N(c2cccc(Cl)c2-n2ccnc2)C(N)=N1. The number of anilines is 1. The second kappa shape index (κ2) is 6.07. The molecule has 1 fully saturated rings. The topological polar surface area (TPSA) is 97.8 Å². The Balaban J connectivity index is 1.91. The second-order valence-corrected chi connectivity index (χ2v) is 6.80. The molecule has 0 atom stereocenters. The van der Waals surface area contributed by atoms with E-state index in [1.807, 2.05) is 33.9 Å². The summed E-state index contributed by atoms with van der Waals surface area (Å²) in [5.41, 5.74) is 13.4. The van der Waals surface area contributed by atoms with Crippen LogP contribution in [0, 0.1) is 0 Å². The first-order valence-corrected chi connectivity index (χ1v) is 8.75. The maximum atomic E-state index is 6.53. The molecule has 2 aliphatic rings. The molecule has 0 amide bonds. The van der Waals surface area contributed by atoms with Crippen LogP contribution in [-0.2, 0) is 0 Å². The van der Waals surface area contributed by atoms with Crippen LogP contribution in [0.3, 0.4) is 0 Å². The van der Waals surface area contributed by atoms with Crippen LogP contribution in [0.25, 0.3) is 5.69 Å². The first kappa shape index (κ1) is 16.0. The zero-order valence-electron chi connectivity index (χ0n) is 13.8. The number of aromatic nitrogens is 2. The van der Waals surface area contributed by atoms with Gasteiger partial charge in [-0.3, -0.25) is 4.90 Å². The molecule has 1 spiro atoms. The minimum absolute atomic E-state index is 0.238. The first-order valence-electron chi connectivity index (χ1n) is 8.37. The van der Waals surface area contributed by atoms with E-state index in [1.54, 1.807) is 12.5 Å². The number of rotatable bonds is 2. The Labute approximate surface area is 151 Å². The average molecular weight is 358 g/mol. The smallest absolute Gasteiger partial charge is 0.220 e. The van der Waals surface area contributed by atoms with Gasteiger partial charge in [0.2, 0.25) is 11.9 Å². The molecule has 0 unspecified atom stereocenters. The van der Waals surface area contributed by atoms with E-state index in [-0.39, 0.29) is 5.96 Å². The van der Waals surface area contributed by atoms with Gasteiger partial charge in [0.05, 0.1) is 22.7 Å². The predicted octanol–water partition coefficient (Wildman–Crippen LogP) is 2.64. The Hall–Kier alpha value is -2.54. The van der Waals surface area contributed by atoms with Crippen LogP contribution in [0.2, 0.25) is 5.02 Å². The van der Waals surface area contributed by atoms with Crippen LogP contribution in [0.4, 0.5) is 5.69 Å². The normalized spacial score (nSPS) is 19.6. The highest BCUT2D eigenvalue weighted by molar-refractivity contribution is 6.33. The number of guanidine groups is 2. The zero-order chi connectivity index (χ0) is 17.4. The molecule has 25 heavy (non-hydrogen) atoms. The molecule has 1 aliphatic carbocycles. The third-order valence-electron chi connectivity index (χ3n) is 4.82. The molecular weight excluding hydrogens is 338 g/mol. The highest BCUT2D eigenvalue weighted by Crippen LogP contribution is 2.42. The number of benzene rings is 1. The molecule has 4 N–H and O–H groups in total. The Bertz CT molecular complexity index is 835. The van der Waals surface area contributed by atoms with Crippen molar-refractivity contribution in [1.29, 1.82) is 0 Å².